The first-order valence-electron chi connectivity index (χ1n) is 6.72. The third-order valence-electron chi connectivity index (χ3n) is 2.04. The Morgan fingerprint density at radius 3 is 2.26 bits per heavy atom. The summed E-state index contributed by atoms with van der Waals surface area (Å²) in [6.45, 7) is 8.23. The van der Waals surface area contributed by atoms with Gasteiger partial charge in [-0.3, -0.25) is 4.79 Å². The van der Waals surface area contributed by atoms with Crippen LogP contribution in [0.25, 0.3) is 0 Å². The smallest absolute Gasteiger partial charge is 0.304 e. The minimum absolute atomic E-state index is 0.357. The number of ether oxygens (including phenoxy) is 3. The lowest BCUT2D eigenvalue weighted by Crippen LogP contribution is -2.17. The van der Waals surface area contributed by atoms with Gasteiger partial charge in [0.2, 0.25) is 6.29 Å². The summed E-state index contributed by atoms with van der Waals surface area (Å²) in [5, 5.41) is 0. The van der Waals surface area contributed by atoms with Gasteiger partial charge < -0.3 is 14.2 Å². The van der Waals surface area contributed by atoms with E-state index in [-0.39, 0.29) is 5.97 Å². The zero-order chi connectivity index (χ0) is 14.5. The highest BCUT2D eigenvalue weighted by atomic mass is 16.7. The van der Waals surface area contributed by atoms with Gasteiger partial charge in [0.25, 0.3) is 0 Å². The molecule has 0 unspecified atom stereocenters. The average molecular weight is 268 g/mol. The Labute approximate surface area is 116 Å². The maximum atomic E-state index is 11.0. The van der Waals surface area contributed by atoms with Crippen LogP contribution in [0.5, 0.6) is 0 Å². The van der Waals surface area contributed by atoms with Crippen LogP contribution in [0.1, 0.15) is 40.5 Å². The highest BCUT2D eigenvalue weighted by Gasteiger charge is 2.06. The molecular weight excluding hydrogens is 244 g/mol. The second-order valence-corrected chi connectivity index (χ2v) is 3.78. The maximum Gasteiger partial charge on any atom is 0.304 e. The fraction of sp³-hybridized carbons (Fsp3) is 0.667. The van der Waals surface area contributed by atoms with Gasteiger partial charge in [-0.1, -0.05) is 19.4 Å². The van der Waals surface area contributed by atoms with Crippen molar-refractivity contribution < 1.29 is 19.0 Å². The lowest BCUT2D eigenvalue weighted by Gasteiger charge is -2.11. The average Bonchev–Trinajstić information content (AvgIpc) is 2.35. The summed E-state index contributed by atoms with van der Waals surface area (Å²) in [4.78, 5) is 11.0. The second kappa shape index (κ2) is 11.8. The van der Waals surface area contributed by atoms with Gasteiger partial charge in [-0.25, -0.2) is 0 Å². The van der Waals surface area contributed by atoms with Crippen molar-refractivity contribution in [2.75, 3.05) is 13.2 Å². The Bertz CT molecular complexity index is 319. The van der Waals surface area contributed by atoms with Gasteiger partial charge in [0.05, 0.1) is 0 Å². The molecule has 0 N–H and O–H groups in total. The van der Waals surface area contributed by atoms with Crippen molar-refractivity contribution in [2.24, 2.45) is 0 Å². The number of carbonyl (C=O) groups is 1. The number of hydrogen-bond donors (Lipinski definition) is 0. The standard InChI is InChI=1S/C15H24O4/c1-5-8-9-10-14(19-13(4)16)11-12-15(17-6-2)18-7-3/h9-10,14-15H,5-8H2,1-4H3/b10-9+/t14-/m1/s1. The highest BCUT2D eigenvalue weighted by molar-refractivity contribution is 5.66. The summed E-state index contributed by atoms with van der Waals surface area (Å²) >= 11 is 0. The fourth-order valence-electron chi connectivity index (χ4n) is 1.27. The predicted molar refractivity (Wildman–Crippen MR) is 74.4 cm³/mol. The maximum absolute atomic E-state index is 11.0. The van der Waals surface area contributed by atoms with E-state index in [0.29, 0.717) is 13.2 Å². The molecule has 0 aromatic rings. The monoisotopic (exact) mass is 268 g/mol. The Kier molecular flexibility index (Phi) is 11.0. The predicted octanol–water partition coefficient (Wildman–Crippen LogP) is 2.68. The Morgan fingerprint density at radius 1 is 1.16 bits per heavy atom. The number of unbranched alkanes of at least 4 members (excludes halogenated alkanes) is 1. The van der Waals surface area contributed by atoms with E-state index in [1.165, 1.54) is 6.92 Å². The van der Waals surface area contributed by atoms with Crippen LogP contribution in [0.3, 0.4) is 0 Å². The molecule has 1 atom stereocenters. The van der Waals surface area contributed by atoms with E-state index < -0.39 is 12.4 Å². The quantitative estimate of drug-likeness (QED) is 0.294. The fourth-order valence-corrected chi connectivity index (χ4v) is 1.27. The molecule has 0 amide bonds. The van der Waals surface area contributed by atoms with Gasteiger partial charge in [0.1, 0.15) is 0 Å². The molecule has 0 aliphatic rings. The number of esters is 1. The van der Waals surface area contributed by atoms with Crippen LogP contribution in [-0.4, -0.2) is 31.6 Å². The van der Waals surface area contributed by atoms with Crippen molar-refractivity contribution >= 4 is 5.97 Å². The van der Waals surface area contributed by atoms with Crippen LogP contribution in [-0.2, 0) is 19.0 Å². The first-order chi connectivity index (χ1) is 9.13. The molecule has 0 spiro atoms. The van der Waals surface area contributed by atoms with Crippen LogP contribution >= 0.6 is 0 Å². The van der Waals surface area contributed by atoms with Crippen LogP contribution in [0.4, 0.5) is 0 Å². The van der Waals surface area contributed by atoms with Gasteiger partial charge in [0, 0.05) is 20.1 Å². The van der Waals surface area contributed by atoms with Crippen LogP contribution in [0, 0.1) is 11.8 Å². The Morgan fingerprint density at radius 2 is 1.79 bits per heavy atom. The molecule has 0 aliphatic carbocycles. The molecule has 108 valence electrons. The molecule has 0 aliphatic heterocycles. The van der Waals surface area contributed by atoms with E-state index in [1.54, 1.807) is 6.08 Å². The lowest BCUT2D eigenvalue weighted by atomic mass is 10.2. The van der Waals surface area contributed by atoms with Crippen LogP contribution in [0.2, 0.25) is 0 Å². The van der Waals surface area contributed by atoms with Crippen molar-refractivity contribution in [1.29, 1.82) is 0 Å². The summed E-state index contributed by atoms with van der Waals surface area (Å²) in [6.07, 6.45) is 4.59. The molecule has 0 fully saturated rings. The van der Waals surface area contributed by atoms with E-state index >= 15 is 0 Å². The molecule has 0 heterocycles. The third kappa shape index (κ3) is 10.3. The summed E-state index contributed by atoms with van der Waals surface area (Å²) in [6, 6.07) is 0. The third-order valence-corrected chi connectivity index (χ3v) is 2.04. The molecule has 0 bridgehead atoms. The first kappa shape index (κ1) is 17.7. The summed E-state index contributed by atoms with van der Waals surface area (Å²) in [5.74, 6) is 5.32. The molecule has 0 aromatic carbocycles. The molecule has 0 radical (unpaired) electrons. The van der Waals surface area contributed by atoms with Crippen LogP contribution in [0.15, 0.2) is 12.2 Å². The minimum Gasteiger partial charge on any atom is -0.445 e. The Balaban J connectivity index is 4.62. The molecule has 0 saturated carbocycles. The number of carbonyl (C=O) groups excluding carboxylic acids is 1. The van der Waals surface area contributed by atoms with Crippen molar-refractivity contribution in [3.8, 4) is 11.8 Å². The zero-order valence-corrected chi connectivity index (χ0v) is 12.3. The number of rotatable bonds is 8. The number of allylic oxidation sites excluding steroid dienone is 1. The minimum atomic E-state index is -0.576. The second-order valence-electron chi connectivity index (χ2n) is 3.78. The van der Waals surface area contributed by atoms with Gasteiger partial charge in [-0.15, -0.1) is 0 Å². The topological polar surface area (TPSA) is 44.8 Å². The first-order valence-corrected chi connectivity index (χ1v) is 6.72. The van der Waals surface area contributed by atoms with E-state index in [9.17, 15) is 4.79 Å². The molecule has 4 heteroatoms. The normalized spacial score (nSPS) is 12.3. The summed E-state index contributed by atoms with van der Waals surface area (Å²) in [5.41, 5.74) is 0. The van der Waals surface area contributed by atoms with Crippen molar-refractivity contribution in [1.82, 2.24) is 0 Å². The lowest BCUT2D eigenvalue weighted by molar-refractivity contribution is -0.142. The Hall–Kier alpha value is -1.31. The van der Waals surface area contributed by atoms with Crippen molar-refractivity contribution in [3.63, 3.8) is 0 Å². The molecule has 0 saturated heterocycles. The largest absolute Gasteiger partial charge is 0.445 e. The molecule has 0 aromatic heterocycles. The summed E-state index contributed by atoms with van der Waals surface area (Å²) < 4.78 is 15.7. The molecule has 4 nitrogen and oxygen atoms in total. The van der Waals surface area contributed by atoms with Crippen molar-refractivity contribution in [3.05, 3.63) is 12.2 Å². The van der Waals surface area contributed by atoms with E-state index in [2.05, 4.69) is 18.8 Å². The van der Waals surface area contributed by atoms with Crippen LogP contribution < -0.4 is 0 Å². The van der Waals surface area contributed by atoms with Gasteiger partial charge in [-0.05, 0) is 38.2 Å². The zero-order valence-electron chi connectivity index (χ0n) is 12.3. The summed E-state index contributed by atoms with van der Waals surface area (Å²) in [7, 11) is 0. The SMILES string of the molecule is CCC/C=C/[C@H](C#CC(OCC)OCC)OC(C)=O. The van der Waals surface area contributed by atoms with E-state index in [4.69, 9.17) is 14.2 Å². The number of hydrogen-bond acceptors (Lipinski definition) is 4. The highest BCUT2D eigenvalue weighted by Crippen LogP contribution is 1.99. The van der Waals surface area contributed by atoms with E-state index in [0.717, 1.165) is 12.8 Å². The van der Waals surface area contributed by atoms with E-state index in [1.807, 2.05) is 19.9 Å². The molecule has 19 heavy (non-hydrogen) atoms. The van der Waals surface area contributed by atoms with Gasteiger partial charge in [-0.2, -0.15) is 0 Å². The molecule has 0 rings (SSSR count). The molecular formula is C15H24O4. The van der Waals surface area contributed by atoms with Gasteiger partial charge >= 0.3 is 5.97 Å². The van der Waals surface area contributed by atoms with Gasteiger partial charge in [0.15, 0.2) is 6.10 Å². The van der Waals surface area contributed by atoms with Crippen molar-refractivity contribution in [2.45, 2.75) is 52.9 Å².